The number of benzene rings is 1. The molecular formula is C23H25N5O3S. The molecule has 0 amide bonds. The van der Waals surface area contributed by atoms with Gasteiger partial charge in [0.15, 0.2) is 5.82 Å². The summed E-state index contributed by atoms with van der Waals surface area (Å²) >= 11 is 1.65. The van der Waals surface area contributed by atoms with Gasteiger partial charge < -0.3 is 10.3 Å². The number of aryl methyl sites for hydroxylation is 2. The first kappa shape index (κ1) is 22.1. The van der Waals surface area contributed by atoms with Crippen LogP contribution in [-0.4, -0.2) is 43.3 Å². The fourth-order valence-corrected chi connectivity index (χ4v) is 5.02. The number of carboxylic acids is 1. The zero-order chi connectivity index (χ0) is 22.8. The summed E-state index contributed by atoms with van der Waals surface area (Å²) in [4.78, 5) is 17.7. The number of thiophene rings is 1. The number of aliphatic imine (C=N–C) groups is 1. The van der Waals surface area contributed by atoms with Crippen molar-refractivity contribution in [3.05, 3.63) is 69.1 Å². The predicted molar refractivity (Wildman–Crippen MR) is 124 cm³/mol. The van der Waals surface area contributed by atoms with Gasteiger partial charge in [-0.05, 0) is 38.3 Å². The summed E-state index contributed by atoms with van der Waals surface area (Å²) in [6, 6.07) is 7.41. The van der Waals surface area contributed by atoms with E-state index in [0.29, 0.717) is 18.2 Å². The predicted octanol–water partition coefficient (Wildman–Crippen LogP) is 4.00. The van der Waals surface area contributed by atoms with Gasteiger partial charge in [0.1, 0.15) is 16.9 Å². The fourth-order valence-electron chi connectivity index (χ4n) is 3.81. The first-order valence-corrected chi connectivity index (χ1v) is 11.2. The molecule has 0 fully saturated rings. The number of hydrogen-bond acceptors (Lipinski definition) is 7. The third-order valence-electron chi connectivity index (χ3n) is 5.52. The molecule has 4 rings (SSSR count). The normalized spacial score (nSPS) is 15.4. The molecule has 0 saturated heterocycles. The summed E-state index contributed by atoms with van der Waals surface area (Å²) < 4.78 is 1.95. The highest BCUT2D eigenvalue weighted by atomic mass is 32.1. The van der Waals surface area contributed by atoms with Crippen LogP contribution in [-0.2, 0) is 4.79 Å². The highest BCUT2D eigenvalue weighted by molar-refractivity contribution is 7.15. The lowest BCUT2D eigenvalue weighted by Gasteiger charge is -2.11. The summed E-state index contributed by atoms with van der Waals surface area (Å²) in [5, 5.41) is 27.7. The van der Waals surface area contributed by atoms with E-state index in [1.807, 2.05) is 47.9 Å². The number of fused-ring (bicyclic) bond motifs is 3. The zero-order valence-electron chi connectivity index (χ0n) is 18.2. The Morgan fingerprint density at radius 1 is 1.22 bits per heavy atom. The molecule has 0 unspecified atom stereocenters. The Labute approximate surface area is 189 Å². The molecule has 166 valence electrons. The Kier molecular flexibility index (Phi) is 6.31. The van der Waals surface area contributed by atoms with Crippen LogP contribution >= 0.6 is 11.3 Å². The lowest BCUT2D eigenvalue weighted by Crippen LogP contribution is -2.10. The number of aliphatic carboxylic acids is 1. The van der Waals surface area contributed by atoms with Crippen molar-refractivity contribution in [3.63, 3.8) is 0 Å². The van der Waals surface area contributed by atoms with Crippen LogP contribution in [0.25, 0.3) is 11.1 Å². The molecule has 0 spiro atoms. The molecule has 0 saturated carbocycles. The maximum absolute atomic E-state index is 11.6. The van der Waals surface area contributed by atoms with Crippen molar-refractivity contribution in [2.24, 2.45) is 4.99 Å². The third kappa shape index (κ3) is 4.14. The lowest BCUT2D eigenvalue weighted by molar-refractivity contribution is -0.137. The van der Waals surface area contributed by atoms with Crippen LogP contribution in [0, 0.1) is 20.8 Å². The van der Waals surface area contributed by atoms with Gasteiger partial charge in [-0.15, -0.1) is 21.5 Å². The zero-order valence-corrected chi connectivity index (χ0v) is 19.0. The number of aromatic nitrogens is 3. The van der Waals surface area contributed by atoms with Gasteiger partial charge in [0.05, 0.1) is 12.1 Å². The molecule has 1 aliphatic rings. The average molecular weight is 452 g/mol. The minimum Gasteiger partial charge on any atom is -0.481 e. The summed E-state index contributed by atoms with van der Waals surface area (Å²) in [5.74, 6) is 0.341. The SMILES string of the molecule is Cc1sc2c(c1C)C(c1ccc(/C=C/CCNO)cc1)=N[C@@H](CC(=O)O)c1nnc(C)n1-2. The number of carbonyl (C=O) groups is 1. The summed E-state index contributed by atoms with van der Waals surface area (Å²) in [6.45, 7) is 6.53. The standard InChI is InChI=1S/C23H25N5O3S/c1-13-14(2)32-23-20(13)21(17-9-7-16(8-10-17)6-4-5-11-24-31)25-18(12-19(29)30)22-27-26-15(3)28(22)23/h4,6-10,18,24,31H,5,11-12H2,1-3H3,(H,29,30)/b6-4+/t18-/m0/s1. The van der Waals surface area contributed by atoms with Crippen molar-refractivity contribution in [3.8, 4) is 5.00 Å². The first-order valence-electron chi connectivity index (χ1n) is 10.4. The van der Waals surface area contributed by atoms with Gasteiger partial charge in [-0.1, -0.05) is 36.4 Å². The molecule has 2 aromatic heterocycles. The lowest BCUT2D eigenvalue weighted by atomic mass is 9.98. The Morgan fingerprint density at radius 2 is 1.97 bits per heavy atom. The van der Waals surface area contributed by atoms with Crippen molar-refractivity contribution in [1.82, 2.24) is 20.2 Å². The molecule has 0 radical (unpaired) electrons. The quantitative estimate of drug-likeness (QED) is 0.370. The van der Waals surface area contributed by atoms with E-state index in [2.05, 4.69) is 29.5 Å². The van der Waals surface area contributed by atoms with Crippen LogP contribution in [0.15, 0.2) is 35.3 Å². The number of hydrogen-bond donors (Lipinski definition) is 3. The van der Waals surface area contributed by atoms with Gasteiger partial charge in [0.25, 0.3) is 0 Å². The van der Waals surface area contributed by atoms with E-state index in [1.165, 1.54) is 4.88 Å². The van der Waals surface area contributed by atoms with Crippen LogP contribution in [0.1, 0.15) is 57.7 Å². The van der Waals surface area contributed by atoms with Gasteiger partial charge in [0.2, 0.25) is 0 Å². The van der Waals surface area contributed by atoms with Gasteiger partial charge in [0, 0.05) is 22.5 Å². The number of rotatable bonds is 7. The van der Waals surface area contributed by atoms with Crippen molar-refractivity contribution >= 4 is 29.1 Å². The molecule has 1 aromatic carbocycles. The molecule has 3 aromatic rings. The van der Waals surface area contributed by atoms with E-state index < -0.39 is 12.0 Å². The van der Waals surface area contributed by atoms with E-state index in [1.54, 1.807) is 11.3 Å². The van der Waals surface area contributed by atoms with E-state index in [9.17, 15) is 9.90 Å². The molecule has 8 nitrogen and oxygen atoms in total. The smallest absolute Gasteiger partial charge is 0.306 e. The van der Waals surface area contributed by atoms with Crippen molar-refractivity contribution in [2.75, 3.05) is 6.54 Å². The monoisotopic (exact) mass is 451 g/mol. The topological polar surface area (TPSA) is 113 Å². The molecule has 0 aliphatic carbocycles. The first-order chi connectivity index (χ1) is 15.4. The average Bonchev–Trinajstić information content (AvgIpc) is 3.24. The number of hydroxylamine groups is 1. The Hall–Kier alpha value is -3.14. The van der Waals surface area contributed by atoms with E-state index in [0.717, 1.165) is 39.4 Å². The van der Waals surface area contributed by atoms with Crippen LogP contribution in [0.2, 0.25) is 0 Å². The maximum Gasteiger partial charge on any atom is 0.306 e. The van der Waals surface area contributed by atoms with Gasteiger partial charge >= 0.3 is 5.97 Å². The second-order valence-corrected chi connectivity index (χ2v) is 8.92. The fraction of sp³-hybridized carbons (Fsp3) is 0.304. The third-order valence-corrected chi connectivity index (χ3v) is 6.72. The molecular weight excluding hydrogens is 426 g/mol. The van der Waals surface area contributed by atoms with Gasteiger partial charge in [-0.3, -0.25) is 14.4 Å². The minimum absolute atomic E-state index is 0.158. The highest BCUT2D eigenvalue weighted by Gasteiger charge is 2.32. The molecule has 1 aliphatic heterocycles. The van der Waals surface area contributed by atoms with Crippen molar-refractivity contribution < 1.29 is 15.1 Å². The van der Waals surface area contributed by atoms with E-state index >= 15 is 0 Å². The van der Waals surface area contributed by atoms with Crippen molar-refractivity contribution in [2.45, 2.75) is 39.7 Å². The molecule has 3 heterocycles. The Morgan fingerprint density at radius 3 is 2.66 bits per heavy atom. The molecule has 0 bridgehead atoms. The van der Waals surface area contributed by atoms with Crippen LogP contribution in [0.3, 0.4) is 0 Å². The van der Waals surface area contributed by atoms with Crippen LogP contribution < -0.4 is 5.48 Å². The van der Waals surface area contributed by atoms with E-state index in [-0.39, 0.29) is 6.42 Å². The van der Waals surface area contributed by atoms with Gasteiger partial charge in [-0.25, -0.2) is 5.48 Å². The molecule has 1 atom stereocenters. The maximum atomic E-state index is 11.6. The van der Waals surface area contributed by atoms with Crippen molar-refractivity contribution in [1.29, 1.82) is 0 Å². The minimum atomic E-state index is -0.929. The summed E-state index contributed by atoms with van der Waals surface area (Å²) in [6.07, 6.45) is 4.55. The molecule has 9 heteroatoms. The molecule has 32 heavy (non-hydrogen) atoms. The van der Waals surface area contributed by atoms with E-state index in [4.69, 9.17) is 10.2 Å². The summed E-state index contributed by atoms with van der Waals surface area (Å²) in [7, 11) is 0. The largest absolute Gasteiger partial charge is 0.481 e. The van der Waals surface area contributed by atoms with Crippen LogP contribution in [0.4, 0.5) is 0 Å². The second kappa shape index (κ2) is 9.15. The highest BCUT2D eigenvalue weighted by Crippen LogP contribution is 2.39. The van der Waals surface area contributed by atoms with Gasteiger partial charge in [-0.2, -0.15) is 0 Å². The number of nitrogens with one attached hydrogen (secondary N) is 1. The Bertz CT molecular complexity index is 1210. The second-order valence-electron chi connectivity index (χ2n) is 7.72. The number of carboxylic acid groups (broad SMARTS) is 1. The molecule has 3 N–H and O–H groups in total. The van der Waals surface area contributed by atoms with Crippen LogP contribution in [0.5, 0.6) is 0 Å². The Balaban J connectivity index is 1.82. The summed E-state index contributed by atoms with van der Waals surface area (Å²) in [5.41, 5.74) is 7.00. The number of nitrogens with zero attached hydrogens (tertiary/aromatic N) is 4.